The maximum atomic E-state index is 13.2. The number of aromatic nitrogens is 2. The number of benzene rings is 1. The summed E-state index contributed by atoms with van der Waals surface area (Å²) in [7, 11) is 0. The van der Waals surface area contributed by atoms with Gasteiger partial charge in [0.1, 0.15) is 6.61 Å². The van der Waals surface area contributed by atoms with Crippen LogP contribution in [-0.2, 0) is 9.53 Å². The van der Waals surface area contributed by atoms with E-state index in [1.807, 2.05) is 21.9 Å². The largest absolute Gasteiger partial charge is 0.370 e. The van der Waals surface area contributed by atoms with Crippen LogP contribution in [0, 0.1) is 11.8 Å². The Morgan fingerprint density at radius 1 is 1.00 bits per heavy atom. The number of Topliss-reactive ketones (excluding diaryl/α,β-unsaturated/α-hetero) is 1. The van der Waals surface area contributed by atoms with Crippen molar-refractivity contribution in [2.24, 2.45) is 11.8 Å². The van der Waals surface area contributed by atoms with Gasteiger partial charge in [-0.2, -0.15) is 10.2 Å². The van der Waals surface area contributed by atoms with E-state index in [0.717, 1.165) is 38.0 Å². The average molecular weight is 435 g/mol. The molecule has 5 rings (SSSR count). The Kier molecular flexibility index (Phi) is 6.17. The van der Waals surface area contributed by atoms with E-state index >= 15 is 0 Å². The second kappa shape index (κ2) is 9.36. The van der Waals surface area contributed by atoms with Crippen molar-refractivity contribution in [1.29, 1.82) is 0 Å². The van der Waals surface area contributed by atoms with Gasteiger partial charge in [-0.25, -0.2) is 4.79 Å². The van der Waals surface area contributed by atoms with Crippen molar-refractivity contribution < 1.29 is 14.3 Å². The van der Waals surface area contributed by atoms with Crippen molar-refractivity contribution in [3.8, 4) is 0 Å². The van der Waals surface area contributed by atoms with E-state index in [-0.39, 0.29) is 36.4 Å². The molecule has 1 aromatic carbocycles. The molecule has 2 aromatic rings. The number of hydrogen-bond donors (Lipinski definition) is 0. The van der Waals surface area contributed by atoms with Crippen molar-refractivity contribution >= 4 is 11.8 Å². The molecule has 1 aromatic heterocycles. The number of carbonyl (C=O) groups excluding carboxylic acids is 2. The molecule has 0 N–H and O–H groups in total. The smallest absolute Gasteiger partial charge is 0.320 e. The molecule has 0 aliphatic carbocycles. The van der Waals surface area contributed by atoms with Crippen molar-refractivity contribution in [3.05, 3.63) is 59.9 Å². The zero-order chi connectivity index (χ0) is 21.9. The van der Waals surface area contributed by atoms with E-state index in [2.05, 4.69) is 40.5 Å². The quantitative estimate of drug-likeness (QED) is 0.742. The van der Waals surface area contributed by atoms with Gasteiger partial charge < -0.3 is 14.5 Å². The molecule has 0 spiro atoms. The van der Waals surface area contributed by atoms with Crippen molar-refractivity contribution in [3.63, 3.8) is 0 Å². The third-order valence-electron chi connectivity index (χ3n) is 7.23. The number of fused-ring (bicyclic) bond motifs is 1. The fraction of sp³-hybridized carbons (Fsp3) is 0.520. The monoisotopic (exact) mass is 434 g/mol. The van der Waals surface area contributed by atoms with Gasteiger partial charge in [0.2, 0.25) is 0 Å². The lowest BCUT2D eigenvalue weighted by Gasteiger charge is -2.43. The summed E-state index contributed by atoms with van der Waals surface area (Å²) in [4.78, 5) is 28.9. The number of likely N-dealkylation sites (tertiary alicyclic amines) is 2. The highest BCUT2D eigenvalue weighted by atomic mass is 16.5. The van der Waals surface area contributed by atoms with Crippen LogP contribution in [0.15, 0.2) is 48.7 Å². The van der Waals surface area contributed by atoms with E-state index in [1.165, 1.54) is 5.56 Å². The summed E-state index contributed by atoms with van der Waals surface area (Å²) in [6, 6.07) is 14.6. The van der Waals surface area contributed by atoms with Crippen LogP contribution in [0.2, 0.25) is 0 Å². The second-order valence-corrected chi connectivity index (χ2v) is 9.23. The average Bonchev–Trinajstić information content (AvgIpc) is 2.85. The molecule has 0 radical (unpaired) electrons. The number of amides is 2. The summed E-state index contributed by atoms with van der Waals surface area (Å²) in [5.41, 5.74) is 2.24. The lowest BCUT2D eigenvalue weighted by Crippen LogP contribution is -2.54. The van der Waals surface area contributed by atoms with Crippen LogP contribution < -0.4 is 0 Å². The Morgan fingerprint density at radius 3 is 2.53 bits per heavy atom. The van der Waals surface area contributed by atoms with Crippen LogP contribution >= 0.6 is 0 Å². The second-order valence-electron chi connectivity index (χ2n) is 9.23. The van der Waals surface area contributed by atoms with Gasteiger partial charge in [0.05, 0.1) is 11.8 Å². The van der Waals surface area contributed by atoms with Crippen LogP contribution in [0.4, 0.5) is 4.79 Å². The van der Waals surface area contributed by atoms with Crippen LogP contribution in [0.5, 0.6) is 0 Å². The van der Waals surface area contributed by atoms with Gasteiger partial charge in [-0.05, 0) is 42.9 Å². The highest BCUT2D eigenvalue weighted by Crippen LogP contribution is 2.37. The highest BCUT2D eigenvalue weighted by molar-refractivity contribution is 5.81. The molecule has 7 nitrogen and oxygen atoms in total. The molecule has 0 bridgehead atoms. The van der Waals surface area contributed by atoms with E-state index in [1.54, 1.807) is 6.20 Å². The molecule has 3 fully saturated rings. The summed E-state index contributed by atoms with van der Waals surface area (Å²) >= 11 is 0. The molecule has 4 heterocycles. The van der Waals surface area contributed by atoms with Crippen molar-refractivity contribution in [1.82, 2.24) is 20.0 Å². The number of nitrogens with zero attached hydrogens (tertiary/aromatic N) is 4. The van der Waals surface area contributed by atoms with Crippen molar-refractivity contribution in [2.45, 2.75) is 37.7 Å². The van der Waals surface area contributed by atoms with Crippen LogP contribution in [0.1, 0.15) is 42.9 Å². The Balaban J connectivity index is 1.24. The Labute approximate surface area is 188 Å². The lowest BCUT2D eigenvalue weighted by molar-refractivity contribution is -0.140. The first-order valence-corrected chi connectivity index (χ1v) is 11.7. The fourth-order valence-electron chi connectivity index (χ4n) is 5.60. The van der Waals surface area contributed by atoms with Gasteiger partial charge in [-0.3, -0.25) is 4.79 Å². The summed E-state index contributed by atoms with van der Waals surface area (Å²) < 4.78 is 5.68. The summed E-state index contributed by atoms with van der Waals surface area (Å²) in [5, 5.41) is 8.54. The van der Waals surface area contributed by atoms with Crippen LogP contribution in [0.3, 0.4) is 0 Å². The Hall–Kier alpha value is -2.80. The SMILES string of the molecule is O=C1CO[C@H]2CCN(C(=O)N3CCC(C(c4ccccc4)c4cccnn4)CC3)C[C@H]2C1. The lowest BCUT2D eigenvalue weighted by atomic mass is 9.78. The molecule has 2 amide bonds. The first-order chi connectivity index (χ1) is 15.7. The van der Waals surface area contributed by atoms with Gasteiger partial charge >= 0.3 is 6.03 Å². The third kappa shape index (κ3) is 4.39. The first kappa shape index (κ1) is 21.1. The maximum absolute atomic E-state index is 13.2. The molecule has 3 atom stereocenters. The van der Waals surface area contributed by atoms with Crippen LogP contribution in [-0.4, -0.2) is 70.7 Å². The van der Waals surface area contributed by atoms with E-state index in [9.17, 15) is 9.59 Å². The van der Waals surface area contributed by atoms with E-state index in [0.29, 0.717) is 25.4 Å². The van der Waals surface area contributed by atoms with Gasteiger partial charge in [0, 0.05) is 50.6 Å². The molecular formula is C25H30N4O3. The van der Waals surface area contributed by atoms with Gasteiger partial charge in [-0.15, -0.1) is 0 Å². The zero-order valence-corrected chi connectivity index (χ0v) is 18.3. The fourth-order valence-corrected chi connectivity index (χ4v) is 5.60. The summed E-state index contributed by atoms with van der Waals surface area (Å²) in [5.74, 6) is 0.888. The van der Waals surface area contributed by atoms with E-state index in [4.69, 9.17) is 4.74 Å². The number of hydrogen-bond acceptors (Lipinski definition) is 5. The number of ketones is 1. The molecule has 1 unspecified atom stereocenters. The normalized spacial score (nSPS) is 25.3. The minimum absolute atomic E-state index is 0.107. The first-order valence-electron chi connectivity index (χ1n) is 11.7. The standard InChI is InChI=1S/C25H30N4O3/c30-21-15-20-16-29(14-10-23(20)32-17-21)25(31)28-12-8-19(9-13-28)24(18-5-2-1-3-6-18)22-7-4-11-26-27-22/h1-7,11,19-20,23-24H,8-10,12-17H2/t20-,23+,24?/m1/s1. The van der Waals surface area contributed by atoms with E-state index < -0.39 is 0 Å². The third-order valence-corrected chi connectivity index (χ3v) is 7.23. The molecule has 3 aliphatic rings. The summed E-state index contributed by atoms with van der Waals surface area (Å²) in [6.45, 7) is 3.05. The Morgan fingerprint density at radius 2 is 1.78 bits per heavy atom. The van der Waals surface area contributed by atoms with Crippen LogP contribution in [0.25, 0.3) is 0 Å². The Bertz CT molecular complexity index is 891. The summed E-state index contributed by atoms with van der Waals surface area (Å²) in [6.07, 6.45) is 5.06. The minimum Gasteiger partial charge on any atom is -0.370 e. The predicted molar refractivity (Wildman–Crippen MR) is 119 cm³/mol. The topological polar surface area (TPSA) is 75.6 Å². The van der Waals surface area contributed by atoms with Gasteiger partial charge in [0.25, 0.3) is 0 Å². The maximum Gasteiger partial charge on any atom is 0.320 e. The number of ether oxygens (including phenoxy) is 1. The zero-order valence-electron chi connectivity index (χ0n) is 18.3. The van der Waals surface area contributed by atoms with Gasteiger partial charge in [0.15, 0.2) is 5.78 Å². The number of piperidine rings is 2. The molecule has 3 aliphatic heterocycles. The molecular weight excluding hydrogens is 404 g/mol. The molecule has 3 saturated heterocycles. The van der Waals surface area contributed by atoms with Crippen molar-refractivity contribution in [2.75, 3.05) is 32.8 Å². The molecule has 7 heteroatoms. The highest BCUT2D eigenvalue weighted by Gasteiger charge is 2.39. The number of urea groups is 1. The number of carbonyl (C=O) groups is 2. The molecule has 32 heavy (non-hydrogen) atoms. The minimum atomic E-state index is 0.107. The molecule has 168 valence electrons. The molecule has 0 saturated carbocycles. The van der Waals surface area contributed by atoms with Gasteiger partial charge in [-0.1, -0.05) is 30.3 Å². The predicted octanol–water partition coefficient (Wildman–Crippen LogP) is 3.12. The number of rotatable bonds is 3.